The molecule has 2 aromatic heterocycles. The molecule has 0 unspecified atom stereocenters. The Morgan fingerprint density at radius 2 is 1.87 bits per heavy atom. The molecule has 5 rings (SSSR count). The van der Waals surface area contributed by atoms with Gasteiger partial charge in [-0.05, 0) is 42.3 Å². The van der Waals surface area contributed by atoms with Crippen LogP contribution < -0.4 is 15.0 Å². The molecule has 1 aliphatic rings. The zero-order valence-electron chi connectivity index (χ0n) is 17.8. The molecular weight excluding hydrogens is 388 g/mol. The van der Waals surface area contributed by atoms with E-state index in [-0.39, 0.29) is 12.5 Å². The van der Waals surface area contributed by atoms with E-state index in [4.69, 9.17) is 4.74 Å². The molecule has 0 bridgehead atoms. The molecule has 6 nitrogen and oxygen atoms in total. The fraction of sp³-hybridized carbons (Fsp3) is 0.200. The number of hydrogen-bond donors (Lipinski definition) is 2. The number of aromatic amines is 1. The fourth-order valence-corrected chi connectivity index (χ4v) is 3.70. The van der Waals surface area contributed by atoms with Crippen molar-refractivity contribution in [2.75, 3.05) is 23.4 Å². The molecule has 2 aromatic carbocycles. The first-order valence-electron chi connectivity index (χ1n) is 10.6. The van der Waals surface area contributed by atoms with Gasteiger partial charge >= 0.3 is 0 Å². The molecule has 158 valence electrons. The van der Waals surface area contributed by atoms with E-state index in [9.17, 15) is 4.79 Å². The predicted molar refractivity (Wildman–Crippen MR) is 125 cm³/mol. The Bertz CT molecular complexity index is 1170. The fourth-order valence-electron chi connectivity index (χ4n) is 3.70. The van der Waals surface area contributed by atoms with Gasteiger partial charge < -0.3 is 19.9 Å². The second-order valence-electron chi connectivity index (χ2n) is 6.99. The molecule has 0 spiro atoms. The molecule has 2 N–H and O–H groups in total. The maximum Gasteiger partial charge on any atom is 0.265 e. The van der Waals surface area contributed by atoms with Crippen LogP contribution in [0.2, 0.25) is 0 Å². The maximum absolute atomic E-state index is 12.5. The number of para-hydroxylation sites is 1. The third-order valence-electron chi connectivity index (χ3n) is 5.15. The van der Waals surface area contributed by atoms with Crippen molar-refractivity contribution in [2.24, 2.45) is 0 Å². The monoisotopic (exact) mass is 414 g/mol. The van der Waals surface area contributed by atoms with Gasteiger partial charge in [0.25, 0.3) is 5.91 Å². The number of fused-ring (bicyclic) bond motifs is 2. The highest BCUT2D eigenvalue weighted by atomic mass is 16.5. The Morgan fingerprint density at radius 1 is 1.06 bits per heavy atom. The molecule has 0 saturated carbocycles. The van der Waals surface area contributed by atoms with E-state index in [1.54, 1.807) is 12.4 Å². The van der Waals surface area contributed by atoms with Crippen LogP contribution >= 0.6 is 0 Å². The number of nitrogens with one attached hydrogen (secondary N) is 2. The van der Waals surface area contributed by atoms with Crippen molar-refractivity contribution in [3.63, 3.8) is 0 Å². The molecule has 0 atom stereocenters. The number of carbonyl (C=O) groups is 1. The first kappa shape index (κ1) is 20.5. The van der Waals surface area contributed by atoms with Crippen molar-refractivity contribution in [3.05, 3.63) is 78.8 Å². The van der Waals surface area contributed by atoms with Crippen LogP contribution in [0, 0.1) is 0 Å². The van der Waals surface area contributed by atoms with E-state index in [1.807, 2.05) is 67.4 Å². The Morgan fingerprint density at radius 3 is 2.71 bits per heavy atom. The summed E-state index contributed by atoms with van der Waals surface area (Å²) in [6, 6.07) is 17.8. The average Bonchev–Trinajstić information content (AvgIpc) is 3.24. The van der Waals surface area contributed by atoms with E-state index in [2.05, 4.69) is 27.4 Å². The van der Waals surface area contributed by atoms with Crippen LogP contribution in [-0.2, 0) is 11.2 Å². The Kier molecular flexibility index (Phi) is 6.17. The van der Waals surface area contributed by atoms with Crippen LogP contribution in [0.5, 0.6) is 5.75 Å². The SMILES string of the molecule is CC.O=C1COc2cc(Nc3ccncc3)ccc2N1CCc1c[nH]c2ccccc12. The summed E-state index contributed by atoms with van der Waals surface area (Å²) in [7, 11) is 0. The van der Waals surface area contributed by atoms with Crippen molar-refractivity contribution < 1.29 is 9.53 Å². The van der Waals surface area contributed by atoms with Crippen molar-refractivity contribution in [1.82, 2.24) is 9.97 Å². The molecule has 1 amide bonds. The zero-order valence-corrected chi connectivity index (χ0v) is 17.8. The quantitative estimate of drug-likeness (QED) is 0.465. The van der Waals surface area contributed by atoms with Crippen LogP contribution in [0.4, 0.5) is 17.1 Å². The summed E-state index contributed by atoms with van der Waals surface area (Å²) in [4.78, 5) is 21.7. The van der Waals surface area contributed by atoms with Crippen LogP contribution in [0.15, 0.2) is 73.2 Å². The lowest BCUT2D eigenvalue weighted by atomic mass is 10.1. The number of anilines is 3. The normalized spacial score (nSPS) is 12.6. The highest BCUT2D eigenvalue weighted by Crippen LogP contribution is 2.35. The lowest BCUT2D eigenvalue weighted by molar-refractivity contribution is -0.121. The van der Waals surface area contributed by atoms with Gasteiger partial charge in [-0.25, -0.2) is 0 Å². The summed E-state index contributed by atoms with van der Waals surface area (Å²) < 4.78 is 5.70. The van der Waals surface area contributed by atoms with Gasteiger partial charge in [-0.2, -0.15) is 0 Å². The number of hydrogen-bond acceptors (Lipinski definition) is 4. The summed E-state index contributed by atoms with van der Waals surface area (Å²) in [6.07, 6.45) is 6.27. The van der Waals surface area contributed by atoms with Crippen LogP contribution in [0.1, 0.15) is 19.4 Å². The van der Waals surface area contributed by atoms with Crippen molar-refractivity contribution in [1.29, 1.82) is 0 Å². The van der Waals surface area contributed by atoms with Gasteiger partial charge in [0.1, 0.15) is 5.75 Å². The maximum atomic E-state index is 12.5. The number of aromatic nitrogens is 2. The Labute approximate surface area is 181 Å². The predicted octanol–water partition coefficient (Wildman–Crippen LogP) is 5.30. The van der Waals surface area contributed by atoms with E-state index < -0.39 is 0 Å². The van der Waals surface area contributed by atoms with Crippen LogP contribution in [-0.4, -0.2) is 29.0 Å². The van der Waals surface area contributed by atoms with Gasteiger partial charge in [0.15, 0.2) is 6.61 Å². The van der Waals surface area contributed by atoms with Crippen LogP contribution in [0.25, 0.3) is 10.9 Å². The number of benzene rings is 2. The summed E-state index contributed by atoms with van der Waals surface area (Å²) in [6.45, 7) is 4.66. The third kappa shape index (κ3) is 4.38. The van der Waals surface area contributed by atoms with E-state index >= 15 is 0 Å². The first-order chi connectivity index (χ1) is 15.3. The standard InChI is InChI=1S/C23H20N4O2.C2H6/c28-23-15-29-22-13-18(26-17-7-10-24-11-8-17)5-6-21(22)27(23)12-9-16-14-25-20-4-2-1-3-19(16)20;1-2/h1-8,10-11,13-14,25H,9,12,15H2,(H,24,26);1-2H3. The lowest BCUT2D eigenvalue weighted by Gasteiger charge is -2.29. The number of pyridine rings is 1. The minimum absolute atomic E-state index is 0.0211. The van der Waals surface area contributed by atoms with Crippen LogP contribution in [0.3, 0.4) is 0 Å². The smallest absolute Gasteiger partial charge is 0.265 e. The molecule has 0 aliphatic carbocycles. The highest BCUT2D eigenvalue weighted by Gasteiger charge is 2.25. The molecule has 0 radical (unpaired) electrons. The van der Waals surface area contributed by atoms with E-state index in [1.165, 1.54) is 10.9 Å². The van der Waals surface area contributed by atoms with Crippen molar-refractivity contribution >= 4 is 33.9 Å². The van der Waals surface area contributed by atoms with E-state index in [0.29, 0.717) is 12.3 Å². The summed E-state index contributed by atoms with van der Waals surface area (Å²) in [5.74, 6) is 0.690. The number of carbonyl (C=O) groups excluding carboxylic acids is 1. The van der Waals surface area contributed by atoms with Gasteiger partial charge in [-0.15, -0.1) is 0 Å². The van der Waals surface area contributed by atoms with E-state index in [0.717, 1.165) is 29.0 Å². The molecular formula is C25H26N4O2. The summed E-state index contributed by atoms with van der Waals surface area (Å²) >= 11 is 0. The average molecular weight is 415 g/mol. The third-order valence-corrected chi connectivity index (χ3v) is 5.15. The number of rotatable bonds is 5. The highest BCUT2D eigenvalue weighted by molar-refractivity contribution is 5.98. The minimum atomic E-state index is -0.0211. The van der Waals surface area contributed by atoms with Gasteiger partial charge in [0.2, 0.25) is 0 Å². The Hall–Kier alpha value is -3.80. The Balaban J connectivity index is 0.00000112. The second kappa shape index (κ2) is 9.34. The van der Waals surface area contributed by atoms with Gasteiger partial charge in [-0.1, -0.05) is 32.0 Å². The zero-order chi connectivity index (χ0) is 21.6. The molecule has 6 heteroatoms. The molecule has 3 heterocycles. The minimum Gasteiger partial charge on any atom is -0.481 e. The molecule has 1 aliphatic heterocycles. The van der Waals surface area contributed by atoms with Gasteiger partial charge in [-0.3, -0.25) is 9.78 Å². The first-order valence-corrected chi connectivity index (χ1v) is 10.6. The summed E-state index contributed by atoms with van der Waals surface area (Å²) in [5, 5.41) is 4.53. The summed E-state index contributed by atoms with van der Waals surface area (Å²) in [5.41, 5.74) is 4.98. The number of amides is 1. The topological polar surface area (TPSA) is 70.2 Å². The molecule has 0 saturated heterocycles. The second-order valence-corrected chi connectivity index (χ2v) is 6.99. The van der Waals surface area contributed by atoms with Gasteiger partial charge in [0, 0.05) is 53.5 Å². The molecule has 0 fully saturated rings. The van der Waals surface area contributed by atoms with Gasteiger partial charge in [0.05, 0.1) is 5.69 Å². The molecule has 31 heavy (non-hydrogen) atoms. The number of nitrogens with zero attached hydrogens (tertiary/aromatic N) is 2. The number of H-pyrrole nitrogens is 1. The largest absolute Gasteiger partial charge is 0.481 e. The lowest BCUT2D eigenvalue weighted by Crippen LogP contribution is -2.40. The van der Waals surface area contributed by atoms with Crippen molar-refractivity contribution in [3.8, 4) is 5.75 Å². The van der Waals surface area contributed by atoms with Crippen molar-refractivity contribution in [2.45, 2.75) is 20.3 Å². The molecule has 4 aromatic rings. The number of ether oxygens (including phenoxy) is 1.